The Morgan fingerprint density at radius 1 is 1.25 bits per heavy atom. The van der Waals surface area contributed by atoms with E-state index < -0.39 is 0 Å². The van der Waals surface area contributed by atoms with E-state index >= 15 is 0 Å². The van der Waals surface area contributed by atoms with Crippen molar-refractivity contribution < 1.29 is 5.11 Å². The van der Waals surface area contributed by atoms with Crippen LogP contribution in [0.15, 0.2) is 36.7 Å². The van der Waals surface area contributed by atoms with Gasteiger partial charge in [-0.25, -0.2) is 4.98 Å². The van der Waals surface area contributed by atoms with Gasteiger partial charge in [-0.2, -0.15) is 0 Å². The minimum absolute atomic E-state index is 0.381. The quantitative estimate of drug-likeness (QED) is 0.819. The number of imidazole rings is 1. The fraction of sp³-hybridized carbons (Fsp3) is 0.308. The summed E-state index contributed by atoms with van der Waals surface area (Å²) in [7, 11) is 0. The Kier molecular flexibility index (Phi) is 3.37. The molecular weight excluding hydrogens is 200 g/mol. The summed E-state index contributed by atoms with van der Waals surface area (Å²) in [6, 6.07) is 8.24. The second-order valence-corrected chi connectivity index (χ2v) is 4.08. The number of H-pyrrole nitrogens is 1. The molecule has 1 aromatic carbocycles. The lowest BCUT2D eigenvalue weighted by molar-refractivity contribution is 0.173. The fourth-order valence-electron chi connectivity index (χ4n) is 1.70. The molecule has 84 valence electrons. The van der Waals surface area contributed by atoms with Crippen molar-refractivity contribution in [2.24, 2.45) is 0 Å². The molecule has 3 nitrogen and oxygen atoms in total. The van der Waals surface area contributed by atoms with Crippen LogP contribution in [0.5, 0.6) is 0 Å². The SMILES string of the molecule is Cc1ccc(CC(O)Cc2ncc[nH]2)cc1. The first-order valence-corrected chi connectivity index (χ1v) is 5.46. The molecule has 2 rings (SSSR count). The van der Waals surface area contributed by atoms with Gasteiger partial charge in [0.05, 0.1) is 6.10 Å². The summed E-state index contributed by atoms with van der Waals surface area (Å²) < 4.78 is 0. The van der Waals surface area contributed by atoms with Crippen molar-refractivity contribution in [3.63, 3.8) is 0 Å². The predicted octanol–water partition coefficient (Wildman–Crippen LogP) is 1.86. The molecule has 0 spiro atoms. The van der Waals surface area contributed by atoms with Gasteiger partial charge in [-0.3, -0.25) is 0 Å². The van der Waals surface area contributed by atoms with Gasteiger partial charge < -0.3 is 10.1 Å². The van der Waals surface area contributed by atoms with Gasteiger partial charge in [0.25, 0.3) is 0 Å². The van der Waals surface area contributed by atoms with Gasteiger partial charge in [-0.1, -0.05) is 29.8 Å². The number of aliphatic hydroxyl groups is 1. The third-order valence-electron chi connectivity index (χ3n) is 2.58. The number of rotatable bonds is 4. The maximum absolute atomic E-state index is 9.88. The average Bonchev–Trinajstić information content (AvgIpc) is 2.74. The van der Waals surface area contributed by atoms with Crippen LogP contribution in [0.1, 0.15) is 17.0 Å². The third-order valence-corrected chi connectivity index (χ3v) is 2.58. The van der Waals surface area contributed by atoms with Crippen molar-refractivity contribution in [1.29, 1.82) is 0 Å². The minimum Gasteiger partial charge on any atom is -0.392 e. The number of aryl methyl sites for hydroxylation is 1. The molecule has 0 fully saturated rings. The van der Waals surface area contributed by atoms with Gasteiger partial charge in [0.15, 0.2) is 0 Å². The van der Waals surface area contributed by atoms with Crippen molar-refractivity contribution in [2.75, 3.05) is 0 Å². The molecule has 0 amide bonds. The fourth-order valence-corrected chi connectivity index (χ4v) is 1.70. The molecule has 0 bridgehead atoms. The number of aliphatic hydroxyl groups excluding tert-OH is 1. The van der Waals surface area contributed by atoms with Crippen molar-refractivity contribution in [1.82, 2.24) is 9.97 Å². The molecule has 2 N–H and O–H groups in total. The predicted molar refractivity (Wildman–Crippen MR) is 63.2 cm³/mol. The summed E-state index contributed by atoms with van der Waals surface area (Å²) in [5, 5.41) is 9.88. The van der Waals surface area contributed by atoms with Crippen LogP contribution in [-0.4, -0.2) is 21.2 Å². The van der Waals surface area contributed by atoms with Crippen LogP contribution in [-0.2, 0) is 12.8 Å². The van der Waals surface area contributed by atoms with E-state index in [0.29, 0.717) is 12.8 Å². The van der Waals surface area contributed by atoms with Gasteiger partial charge in [0.1, 0.15) is 5.82 Å². The average molecular weight is 216 g/mol. The summed E-state index contributed by atoms with van der Waals surface area (Å²) in [5.74, 6) is 0.833. The molecule has 1 atom stereocenters. The molecule has 1 unspecified atom stereocenters. The number of nitrogens with zero attached hydrogens (tertiary/aromatic N) is 1. The number of nitrogens with one attached hydrogen (secondary N) is 1. The molecule has 2 aromatic rings. The van der Waals surface area contributed by atoms with Crippen LogP contribution >= 0.6 is 0 Å². The standard InChI is InChI=1S/C13H16N2O/c1-10-2-4-11(5-3-10)8-12(16)9-13-14-6-7-15-13/h2-7,12,16H,8-9H2,1H3,(H,14,15). The van der Waals surface area contributed by atoms with E-state index in [4.69, 9.17) is 0 Å². The van der Waals surface area contributed by atoms with Gasteiger partial charge in [0, 0.05) is 18.8 Å². The lowest BCUT2D eigenvalue weighted by Crippen LogP contribution is -2.14. The van der Waals surface area contributed by atoms with E-state index in [2.05, 4.69) is 41.2 Å². The molecule has 1 aromatic heterocycles. The largest absolute Gasteiger partial charge is 0.392 e. The highest BCUT2D eigenvalue weighted by Gasteiger charge is 2.08. The zero-order chi connectivity index (χ0) is 11.4. The van der Waals surface area contributed by atoms with E-state index in [9.17, 15) is 5.11 Å². The maximum Gasteiger partial charge on any atom is 0.108 e. The second kappa shape index (κ2) is 4.94. The summed E-state index contributed by atoms with van der Waals surface area (Å²) in [6.07, 6.45) is 4.33. The van der Waals surface area contributed by atoms with Crippen LogP contribution < -0.4 is 0 Å². The first kappa shape index (κ1) is 10.9. The summed E-state index contributed by atoms with van der Waals surface area (Å²) in [4.78, 5) is 7.09. The Morgan fingerprint density at radius 2 is 2.00 bits per heavy atom. The summed E-state index contributed by atoms with van der Waals surface area (Å²) in [5.41, 5.74) is 2.40. The second-order valence-electron chi connectivity index (χ2n) is 4.08. The Bertz CT molecular complexity index is 420. The zero-order valence-electron chi connectivity index (χ0n) is 9.35. The lowest BCUT2D eigenvalue weighted by atomic mass is 10.0. The van der Waals surface area contributed by atoms with Crippen molar-refractivity contribution in [2.45, 2.75) is 25.9 Å². The van der Waals surface area contributed by atoms with Crippen LogP contribution in [0.3, 0.4) is 0 Å². The number of hydrogen-bond acceptors (Lipinski definition) is 2. The van der Waals surface area contributed by atoms with Crippen LogP contribution in [0.2, 0.25) is 0 Å². The summed E-state index contributed by atoms with van der Waals surface area (Å²) >= 11 is 0. The van der Waals surface area contributed by atoms with Gasteiger partial charge in [-0.15, -0.1) is 0 Å². The monoisotopic (exact) mass is 216 g/mol. The highest BCUT2D eigenvalue weighted by molar-refractivity contribution is 5.21. The first-order valence-electron chi connectivity index (χ1n) is 5.46. The van der Waals surface area contributed by atoms with Crippen LogP contribution in [0.25, 0.3) is 0 Å². The molecule has 3 heteroatoms. The molecule has 1 heterocycles. The van der Waals surface area contributed by atoms with Crippen LogP contribution in [0.4, 0.5) is 0 Å². The maximum atomic E-state index is 9.88. The summed E-state index contributed by atoms with van der Waals surface area (Å²) in [6.45, 7) is 2.06. The molecule has 0 aliphatic heterocycles. The number of hydrogen-bond donors (Lipinski definition) is 2. The van der Waals surface area contributed by atoms with Crippen molar-refractivity contribution in [3.05, 3.63) is 53.6 Å². The normalized spacial score (nSPS) is 12.6. The lowest BCUT2D eigenvalue weighted by Gasteiger charge is -2.09. The molecule has 0 radical (unpaired) electrons. The van der Waals surface area contributed by atoms with E-state index in [1.54, 1.807) is 12.4 Å². The number of aromatic nitrogens is 2. The van der Waals surface area contributed by atoms with Gasteiger partial charge in [-0.05, 0) is 18.9 Å². The molecule has 16 heavy (non-hydrogen) atoms. The Labute approximate surface area is 95.2 Å². The molecule has 0 aliphatic rings. The Balaban J connectivity index is 1.92. The molecule has 0 saturated heterocycles. The smallest absolute Gasteiger partial charge is 0.108 e. The first-order chi connectivity index (χ1) is 7.74. The third kappa shape index (κ3) is 2.94. The van der Waals surface area contributed by atoms with Crippen molar-refractivity contribution >= 4 is 0 Å². The molecule has 0 saturated carbocycles. The zero-order valence-corrected chi connectivity index (χ0v) is 9.35. The number of benzene rings is 1. The highest BCUT2D eigenvalue weighted by Crippen LogP contribution is 2.08. The van der Waals surface area contributed by atoms with Gasteiger partial charge in [0.2, 0.25) is 0 Å². The molecular formula is C13H16N2O. The topological polar surface area (TPSA) is 48.9 Å². The van der Waals surface area contributed by atoms with E-state index in [1.165, 1.54) is 5.56 Å². The number of aromatic amines is 1. The van der Waals surface area contributed by atoms with E-state index in [-0.39, 0.29) is 6.10 Å². The van der Waals surface area contributed by atoms with Gasteiger partial charge >= 0.3 is 0 Å². The Morgan fingerprint density at radius 3 is 2.62 bits per heavy atom. The minimum atomic E-state index is -0.381. The van der Waals surface area contributed by atoms with Crippen molar-refractivity contribution in [3.8, 4) is 0 Å². The van der Waals surface area contributed by atoms with E-state index in [0.717, 1.165) is 11.4 Å². The Hall–Kier alpha value is -1.61. The highest BCUT2D eigenvalue weighted by atomic mass is 16.3. The van der Waals surface area contributed by atoms with Crippen LogP contribution in [0, 0.1) is 6.92 Å². The van der Waals surface area contributed by atoms with E-state index in [1.807, 2.05) is 0 Å². The molecule has 0 aliphatic carbocycles.